The SMILES string of the molecule is CNCC1(O)CCN(Cc2ccc(Cl)cc2)CC1. The Morgan fingerprint density at radius 2 is 1.89 bits per heavy atom. The average Bonchev–Trinajstić information content (AvgIpc) is 2.35. The number of likely N-dealkylation sites (tertiary alicyclic amines) is 1. The first-order chi connectivity index (χ1) is 8.61. The summed E-state index contributed by atoms with van der Waals surface area (Å²) >= 11 is 5.87. The molecule has 0 saturated carbocycles. The second kappa shape index (κ2) is 6.02. The van der Waals surface area contributed by atoms with E-state index < -0.39 is 5.60 Å². The number of nitrogens with zero attached hydrogens (tertiary/aromatic N) is 1. The first-order valence-corrected chi connectivity index (χ1v) is 6.83. The van der Waals surface area contributed by atoms with Crippen LogP contribution in [0.25, 0.3) is 0 Å². The zero-order valence-electron chi connectivity index (χ0n) is 10.8. The number of halogens is 1. The van der Waals surface area contributed by atoms with E-state index in [-0.39, 0.29) is 0 Å². The van der Waals surface area contributed by atoms with Crippen molar-refractivity contribution in [3.63, 3.8) is 0 Å². The molecule has 0 bridgehead atoms. The summed E-state index contributed by atoms with van der Waals surface area (Å²) in [6.45, 7) is 3.51. The molecule has 0 spiro atoms. The zero-order valence-corrected chi connectivity index (χ0v) is 11.6. The second-order valence-electron chi connectivity index (χ2n) is 5.16. The van der Waals surface area contributed by atoms with E-state index in [1.165, 1.54) is 5.56 Å². The normalized spacial score (nSPS) is 19.9. The summed E-state index contributed by atoms with van der Waals surface area (Å²) < 4.78 is 0. The standard InChI is InChI=1S/C14H21ClN2O/c1-16-11-14(18)6-8-17(9-7-14)10-12-2-4-13(15)5-3-12/h2-5,16,18H,6-11H2,1H3. The lowest BCUT2D eigenvalue weighted by atomic mass is 9.91. The number of likely N-dealkylation sites (N-methyl/N-ethyl adjacent to an activating group) is 1. The van der Waals surface area contributed by atoms with Gasteiger partial charge in [-0.15, -0.1) is 0 Å². The Morgan fingerprint density at radius 1 is 1.28 bits per heavy atom. The largest absolute Gasteiger partial charge is 0.388 e. The third-order valence-corrected chi connectivity index (χ3v) is 3.86. The van der Waals surface area contributed by atoms with Gasteiger partial charge in [0.05, 0.1) is 5.60 Å². The highest BCUT2D eigenvalue weighted by Crippen LogP contribution is 2.23. The van der Waals surface area contributed by atoms with Gasteiger partial charge >= 0.3 is 0 Å². The van der Waals surface area contributed by atoms with E-state index in [0.717, 1.165) is 37.5 Å². The molecule has 0 aliphatic carbocycles. The predicted molar refractivity (Wildman–Crippen MR) is 74.8 cm³/mol. The van der Waals surface area contributed by atoms with E-state index in [1.807, 2.05) is 19.2 Å². The molecule has 0 radical (unpaired) electrons. The molecule has 100 valence electrons. The van der Waals surface area contributed by atoms with E-state index >= 15 is 0 Å². The van der Waals surface area contributed by atoms with Gasteiger partial charge in [0.2, 0.25) is 0 Å². The molecule has 0 aromatic heterocycles. The van der Waals surface area contributed by atoms with Crippen molar-refractivity contribution in [1.29, 1.82) is 0 Å². The molecule has 2 N–H and O–H groups in total. The van der Waals surface area contributed by atoms with Gasteiger partial charge < -0.3 is 10.4 Å². The van der Waals surface area contributed by atoms with E-state index in [0.29, 0.717) is 6.54 Å². The Labute approximate surface area is 114 Å². The van der Waals surface area contributed by atoms with Crippen LogP contribution in [0.15, 0.2) is 24.3 Å². The van der Waals surface area contributed by atoms with Gasteiger partial charge in [0, 0.05) is 31.2 Å². The van der Waals surface area contributed by atoms with Gasteiger partial charge in [-0.25, -0.2) is 0 Å². The molecule has 0 unspecified atom stereocenters. The van der Waals surface area contributed by atoms with E-state index in [1.54, 1.807) is 0 Å². The minimum atomic E-state index is -0.523. The van der Waals surface area contributed by atoms with Gasteiger partial charge in [0.25, 0.3) is 0 Å². The molecule has 1 saturated heterocycles. The molecule has 18 heavy (non-hydrogen) atoms. The first kappa shape index (κ1) is 13.8. The Balaban J connectivity index is 1.85. The fraction of sp³-hybridized carbons (Fsp3) is 0.571. The summed E-state index contributed by atoms with van der Waals surface area (Å²) in [6, 6.07) is 7.99. The third kappa shape index (κ3) is 3.69. The van der Waals surface area contributed by atoms with Crippen LogP contribution in [0.3, 0.4) is 0 Å². The van der Waals surface area contributed by atoms with Crippen LogP contribution in [0.2, 0.25) is 5.02 Å². The molecule has 1 aromatic rings. The highest BCUT2D eigenvalue weighted by Gasteiger charge is 2.31. The molecule has 0 amide bonds. The third-order valence-electron chi connectivity index (χ3n) is 3.61. The maximum Gasteiger partial charge on any atom is 0.0795 e. The van der Waals surface area contributed by atoms with Gasteiger partial charge in [0.15, 0.2) is 0 Å². The van der Waals surface area contributed by atoms with Crippen LogP contribution in [0.5, 0.6) is 0 Å². The molecule has 4 heteroatoms. The fourth-order valence-corrected chi connectivity index (χ4v) is 2.61. The van der Waals surface area contributed by atoms with Gasteiger partial charge in [-0.2, -0.15) is 0 Å². The van der Waals surface area contributed by atoms with Crippen molar-refractivity contribution in [3.05, 3.63) is 34.9 Å². The molecule has 3 nitrogen and oxygen atoms in total. The molecular formula is C14H21ClN2O. The molecule has 1 aromatic carbocycles. The topological polar surface area (TPSA) is 35.5 Å². The van der Waals surface area contributed by atoms with Crippen LogP contribution >= 0.6 is 11.6 Å². The van der Waals surface area contributed by atoms with Crippen LogP contribution in [-0.2, 0) is 6.54 Å². The Morgan fingerprint density at radius 3 is 2.44 bits per heavy atom. The van der Waals surface area contributed by atoms with Gasteiger partial charge in [-0.05, 0) is 37.6 Å². The minimum Gasteiger partial charge on any atom is -0.388 e. The predicted octanol–water partition coefficient (Wildman–Crippen LogP) is 1.89. The summed E-state index contributed by atoms with van der Waals surface area (Å²) in [5.41, 5.74) is 0.754. The first-order valence-electron chi connectivity index (χ1n) is 6.45. The highest BCUT2D eigenvalue weighted by atomic mass is 35.5. The van der Waals surface area contributed by atoms with Crippen molar-refractivity contribution in [1.82, 2.24) is 10.2 Å². The van der Waals surface area contributed by atoms with Crippen molar-refractivity contribution in [2.24, 2.45) is 0 Å². The van der Waals surface area contributed by atoms with Gasteiger partial charge in [-0.1, -0.05) is 23.7 Å². The zero-order chi connectivity index (χ0) is 13.0. The molecule has 1 aliphatic heterocycles. The van der Waals surface area contributed by atoms with E-state index in [4.69, 9.17) is 11.6 Å². The molecular weight excluding hydrogens is 248 g/mol. The fourth-order valence-electron chi connectivity index (χ4n) is 2.48. The summed E-state index contributed by atoms with van der Waals surface area (Å²) in [4.78, 5) is 2.38. The second-order valence-corrected chi connectivity index (χ2v) is 5.59. The summed E-state index contributed by atoms with van der Waals surface area (Å²) in [5.74, 6) is 0. The lowest BCUT2D eigenvalue weighted by Crippen LogP contribution is -2.49. The number of benzene rings is 1. The van der Waals surface area contributed by atoms with Crippen molar-refractivity contribution in [3.8, 4) is 0 Å². The maximum absolute atomic E-state index is 10.3. The number of hydrogen-bond acceptors (Lipinski definition) is 3. The number of aliphatic hydroxyl groups is 1. The number of hydrogen-bond donors (Lipinski definition) is 2. The van der Waals surface area contributed by atoms with E-state index in [9.17, 15) is 5.11 Å². The quantitative estimate of drug-likeness (QED) is 0.875. The number of nitrogens with one attached hydrogen (secondary N) is 1. The maximum atomic E-state index is 10.3. The Hall–Kier alpha value is -0.610. The number of rotatable bonds is 4. The molecule has 1 fully saturated rings. The molecule has 0 atom stereocenters. The summed E-state index contributed by atoms with van der Waals surface area (Å²) in [7, 11) is 1.89. The average molecular weight is 269 g/mol. The smallest absolute Gasteiger partial charge is 0.0795 e. The van der Waals surface area contributed by atoms with Crippen molar-refractivity contribution in [2.45, 2.75) is 25.0 Å². The van der Waals surface area contributed by atoms with E-state index in [2.05, 4.69) is 22.3 Å². The van der Waals surface area contributed by atoms with Crippen molar-refractivity contribution >= 4 is 11.6 Å². The Kier molecular flexibility index (Phi) is 4.62. The van der Waals surface area contributed by atoms with Crippen LogP contribution in [0, 0.1) is 0 Å². The van der Waals surface area contributed by atoms with Gasteiger partial charge in [0.1, 0.15) is 0 Å². The Bertz CT molecular complexity index is 372. The molecule has 1 aliphatic rings. The minimum absolute atomic E-state index is 0.523. The highest BCUT2D eigenvalue weighted by molar-refractivity contribution is 6.30. The summed E-state index contributed by atoms with van der Waals surface area (Å²) in [5, 5.41) is 14.1. The lowest BCUT2D eigenvalue weighted by Gasteiger charge is -2.38. The number of piperidine rings is 1. The lowest BCUT2D eigenvalue weighted by molar-refractivity contribution is -0.0203. The van der Waals surface area contributed by atoms with Crippen LogP contribution in [0.4, 0.5) is 0 Å². The van der Waals surface area contributed by atoms with Crippen LogP contribution < -0.4 is 5.32 Å². The summed E-state index contributed by atoms with van der Waals surface area (Å²) in [6.07, 6.45) is 1.67. The van der Waals surface area contributed by atoms with Crippen LogP contribution in [-0.4, -0.2) is 42.3 Å². The van der Waals surface area contributed by atoms with Crippen molar-refractivity contribution in [2.75, 3.05) is 26.7 Å². The van der Waals surface area contributed by atoms with Crippen LogP contribution in [0.1, 0.15) is 18.4 Å². The molecule has 2 rings (SSSR count). The van der Waals surface area contributed by atoms with Gasteiger partial charge in [-0.3, -0.25) is 4.90 Å². The molecule has 1 heterocycles. The monoisotopic (exact) mass is 268 g/mol. The van der Waals surface area contributed by atoms with Crippen molar-refractivity contribution < 1.29 is 5.11 Å².